The Hall–Kier alpha value is -0.260. The molecule has 1 aliphatic rings. The van der Waals surface area contributed by atoms with Gasteiger partial charge in [-0.1, -0.05) is 32.4 Å². The van der Waals surface area contributed by atoms with Gasteiger partial charge in [0.05, 0.1) is 0 Å². The van der Waals surface area contributed by atoms with Crippen LogP contribution >= 0.6 is 0 Å². The van der Waals surface area contributed by atoms with Crippen molar-refractivity contribution in [3.8, 4) is 0 Å². The second-order valence-corrected chi connectivity index (χ2v) is 5.28. The van der Waals surface area contributed by atoms with Gasteiger partial charge in [-0.05, 0) is 50.4 Å². The fraction of sp³-hybridized carbons (Fsp3) is 0.846. The lowest BCUT2D eigenvalue weighted by Gasteiger charge is -2.26. The smallest absolute Gasteiger partial charge is 0.0116 e. The lowest BCUT2D eigenvalue weighted by molar-refractivity contribution is 0.339. The van der Waals surface area contributed by atoms with Crippen molar-refractivity contribution in [2.45, 2.75) is 53.9 Å². The summed E-state index contributed by atoms with van der Waals surface area (Å²) in [6.07, 6.45) is 6.52. The van der Waals surface area contributed by atoms with Crippen LogP contribution in [0.4, 0.5) is 0 Å². The van der Waals surface area contributed by atoms with E-state index >= 15 is 0 Å². The Bertz CT molecular complexity index is 200. The molecule has 76 valence electrons. The molecule has 2 unspecified atom stereocenters. The van der Waals surface area contributed by atoms with E-state index in [-0.39, 0.29) is 0 Å². The van der Waals surface area contributed by atoms with Crippen molar-refractivity contribution in [2.75, 3.05) is 0 Å². The molecule has 2 atom stereocenters. The van der Waals surface area contributed by atoms with Crippen molar-refractivity contribution >= 4 is 0 Å². The third-order valence-electron chi connectivity index (χ3n) is 4.11. The average Bonchev–Trinajstić information content (AvgIpc) is 2.48. The molecule has 0 N–H and O–H groups in total. The highest BCUT2D eigenvalue weighted by Gasteiger charge is 2.36. The Morgan fingerprint density at radius 3 is 2.46 bits per heavy atom. The quantitative estimate of drug-likeness (QED) is 0.552. The summed E-state index contributed by atoms with van der Waals surface area (Å²) in [4.78, 5) is 0. The predicted molar refractivity (Wildman–Crippen MR) is 59.7 cm³/mol. The maximum Gasteiger partial charge on any atom is -0.0116 e. The lowest BCUT2D eigenvalue weighted by Crippen LogP contribution is -2.14. The maximum absolute atomic E-state index is 2.44. The first-order valence-corrected chi connectivity index (χ1v) is 5.63. The summed E-state index contributed by atoms with van der Waals surface area (Å²) in [7, 11) is 0. The average molecular weight is 180 g/mol. The van der Waals surface area contributed by atoms with Gasteiger partial charge in [-0.3, -0.25) is 0 Å². The summed E-state index contributed by atoms with van der Waals surface area (Å²) >= 11 is 0. The van der Waals surface area contributed by atoms with Crippen LogP contribution in [0, 0.1) is 17.3 Å². The molecule has 0 nitrogen and oxygen atoms in total. The highest BCUT2D eigenvalue weighted by molar-refractivity contribution is 5.12. The molecule has 1 rings (SSSR count). The minimum atomic E-state index is 0.518. The highest BCUT2D eigenvalue weighted by Crippen LogP contribution is 2.48. The monoisotopic (exact) mass is 180 g/mol. The van der Waals surface area contributed by atoms with Crippen molar-refractivity contribution in [1.29, 1.82) is 0 Å². The molecule has 0 bridgehead atoms. The van der Waals surface area contributed by atoms with Gasteiger partial charge >= 0.3 is 0 Å². The van der Waals surface area contributed by atoms with Gasteiger partial charge in [-0.25, -0.2) is 0 Å². The SMILES string of the molecule is CC=C(C)C1(C)CCC(C(C)C)C1. The molecule has 0 aliphatic heterocycles. The van der Waals surface area contributed by atoms with E-state index in [2.05, 4.69) is 40.7 Å². The van der Waals surface area contributed by atoms with E-state index in [0.29, 0.717) is 5.41 Å². The van der Waals surface area contributed by atoms with Crippen LogP contribution in [0.5, 0.6) is 0 Å². The van der Waals surface area contributed by atoms with Gasteiger partial charge in [-0.15, -0.1) is 0 Å². The fourth-order valence-electron chi connectivity index (χ4n) is 2.56. The normalized spacial score (nSPS) is 35.8. The third-order valence-corrected chi connectivity index (χ3v) is 4.11. The van der Waals surface area contributed by atoms with E-state index in [1.165, 1.54) is 19.3 Å². The minimum absolute atomic E-state index is 0.518. The van der Waals surface area contributed by atoms with Crippen LogP contribution in [0.1, 0.15) is 53.9 Å². The predicted octanol–water partition coefficient (Wildman–Crippen LogP) is 4.42. The van der Waals surface area contributed by atoms with Crippen LogP contribution in [0.25, 0.3) is 0 Å². The van der Waals surface area contributed by atoms with E-state index in [9.17, 15) is 0 Å². The Labute approximate surface area is 83.4 Å². The van der Waals surface area contributed by atoms with E-state index in [4.69, 9.17) is 0 Å². The van der Waals surface area contributed by atoms with E-state index in [1.54, 1.807) is 5.57 Å². The Morgan fingerprint density at radius 1 is 1.46 bits per heavy atom. The molecule has 1 fully saturated rings. The maximum atomic E-state index is 2.44. The molecule has 1 aliphatic carbocycles. The molecule has 0 saturated heterocycles. The number of hydrogen-bond acceptors (Lipinski definition) is 0. The summed E-state index contributed by atoms with van der Waals surface area (Å²) < 4.78 is 0. The van der Waals surface area contributed by atoms with E-state index < -0.39 is 0 Å². The van der Waals surface area contributed by atoms with E-state index in [0.717, 1.165) is 11.8 Å². The van der Waals surface area contributed by atoms with Gasteiger partial charge in [-0.2, -0.15) is 0 Å². The molecule has 0 aromatic heterocycles. The fourth-order valence-corrected chi connectivity index (χ4v) is 2.56. The van der Waals surface area contributed by atoms with Gasteiger partial charge in [0.15, 0.2) is 0 Å². The molecule has 1 saturated carbocycles. The van der Waals surface area contributed by atoms with Crippen LogP contribution in [0.2, 0.25) is 0 Å². The van der Waals surface area contributed by atoms with Crippen molar-refractivity contribution in [1.82, 2.24) is 0 Å². The molecular weight excluding hydrogens is 156 g/mol. The Balaban J connectivity index is 2.67. The zero-order valence-electron chi connectivity index (χ0n) is 9.85. The second-order valence-electron chi connectivity index (χ2n) is 5.28. The van der Waals surface area contributed by atoms with Crippen LogP contribution < -0.4 is 0 Å². The van der Waals surface area contributed by atoms with Crippen molar-refractivity contribution < 1.29 is 0 Å². The van der Waals surface area contributed by atoms with Gasteiger partial charge in [0.2, 0.25) is 0 Å². The van der Waals surface area contributed by atoms with Gasteiger partial charge in [0.1, 0.15) is 0 Å². The molecule has 0 aromatic rings. The first-order valence-electron chi connectivity index (χ1n) is 5.63. The zero-order valence-corrected chi connectivity index (χ0v) is 9.85. The molecule has 0 amide bonds. The number of allylic oxidation sites excluding steroid dienone is 2. The second kappa shape index (κ2) is 3.86. The largest absolute Gasteiger partial charge is 0.0882 e. The van der Waals surface area contributed by atoms with Crippen LogP contribution in [0.3, 0.4) is 0 Å². The molecule has 0 heterocycles. The highest BCUT2D eigenvalue weighted by atomic mass is 14.4. The van der Waals surface area contributed by atoms with Gasteiger partial charge in [0.25, 0.3) is 0 Å². The Kier molecular flexibility index (Phi) is 3.21. The first kappa shape index (κ1) is 10.8. The summed E-state index contributed by atoms with van der Waals surface area (Å²) in [5, 5.41) is 0. The van der Waals surface area contributed by atoms with Crippen LogP contribution in [0.15, 0.2) is 11.6 Å². The molecule has 0 heteroatoms. The minimum Gasteiger partial charge on any atom is -0.0882 e. The topological polar surface area (TPSA) is 0 Å². The standard InChI is InChI=1S/C13H24/c1-6-11(4)13(5)8-7-12(9-13)10(2)3/h6,10,12H,7-9H2,1-5H3. The van der Waals surface area contributed by atoms with Crippen molar-refractivity contribution in [2.24, 2.45) is 17.3 Å². The van der Waals surface area contributed by atoms with E-state index in [1.807, 2.05) is 0 Å². The molecule has 13 heavy (non-hydrogen) atoms. The summed E-state index contributed by atoms with van der Waals surface area (Å²) in [5.41, 5.74) is 2.11. The van der Waals surface area contributed by atoms with Gasteiger partial charge < -0.3 is 0 Å². The zero-order chi connectivity index (χ0) is 10.1. The van der Waals surface area contributed by atoms with Crippen LogP contribution in [-0.2, 0) is 0 Å². The number of hydrogen-bond donors (Lipinski definition) is 0. The molecule has 0 radical (unpaired) electrons. The molecule has 0 aromatic carbocycles. The third kappa shape index (κ3) is 2.15. The summed E-state index contributed by atoms with van der Waals surface area (Å²) in [6, 6.07) is 0. The summed E-state index contributed by atoms with van der Waals surface area (Å²) in [6.45, 7) is 11.6. The molecule has 0 spiro atoms. The van der Waals surface area contributed by atoms with Gasteiger partial charge in [0, 0.05) is 0 Å². The lowest BCUT2D eigenvalue weighted by atomic mass is 9.79. The van der Waals surface area contributed by atoms with Crippen LogP contribution in [-0.4, -0.2) is 0 Å². The van der Waals surface area contributed by atoms with Crippen molar-refractivity contribution in [3.63, 3.8) is 0 Å². The van der Waals surface area contributed by atoms with Crippen molar-refractivity contribution in [3.05, 3.63) is 11.6 Å². The summed E-state index contributed by atoms with van der Waals surface area (Å²) in [5.74, 6) is 1.83. The first-order chi connectivity index (χ1) is 5.99. The number of rotatable bonds is 2. The Morgan fingerprint density at radius 2 is 2.08 bits per heavy atom. The molecular formula is C13H24.